The second-order valence-electron chi connectivity index (χ2n) is 11.3. The van der Waals surface area contributed by atoms with E-state index >= 15 is 0 Å². The van der Waals surface area contributed by atoms with E-state index in [1.165, 1.54) is 49.3 Å². The number of sulfonamides is 1. The molecule has 3 aromatic rings. The number of anilines is 1. The Morgan fingerprint density at radius 2 is 1.76 bits per heavy atom. The van der Waals surface area contributed by atoms with E-state index in [1.54, 1.807) is 6.92 Å². The first-order chi connectivity index (χ1) is 22.0. The third-order valence-corrected chi connectivity index (χ3v) is 10.2. The van der Waals surface area contributed by atoms with Gasteiger partial charge in [-0.2, -0.15) is 0 Å². The SMILES string of the molecule is CCC(C(=O)NC1CCCCC1)N(Cc1ccccc1)C(=O)CN(c1cc(Cl)ccc1OC)S(=O)(=O)c1ccc(C)c([N+](=O)[O-])c1. The fraction of sp³-hybridized carbons (Fsp3) is 0.394. The van der Waals surface area contributed by atoms with Gasteiger partial charge in [-0.15, -0.1) is 0 Å². The van der Waals surface area contributed by atoms with E-state index in [9.17, 15) is 28.1 Å². The number of nitrogens with zero attached hydrogens (tertiary/aromatic N) is 3. The Morgan fingerprint density at radius 3 is 2.39 bits per heavy atom. The molecule has 46 heavy (non-hydrogen) atoms. The number of amides is 2. The van der Waals surface area contributed by atoms with Crippen LogP contribution in [0, 0.1) is 17.0 Å². The third kappa shape index (κ3) is 8.16. The maximum absolute atomic E-state index is 14.4. The molecule has 0 bridgehead atoms. The summed E-state index contributed by atoms with van der Waals surface area (Å²) in [6, 6.07) is 16.1. The van der Waals surface area contributed by atoms with Gasteiger partial charge in [-0.25, -0.2) is 8.42 Å². The zero-order valence-electron chi connectivity index (χ0n) is 26.1. The lowest BCUT2D eigenvalue weighted by molar-refractivity contribution is -0.385. The van der Waals surface area contributed by atoms with Gasteiger partial charge in [0.1, 0.15) is 18.3 Å². The topological polar surface area (TPSA) is 139 Å². The van der Waals surface area contributed by atoms with Crippen molar-refractivity contribution in [3.8, 4) is 5.75 Å². The predicted molar refractivity (Wildman–Crippen MR) is 176 cm³/mol. The Hall–Kier alpha value is -4.16. The maximum Gasteiger partial charge on any atom is 0.273 e. The molecule has 3 aromatic carbocycles. The summed E-state index contributed by atoms with van der Waals surface area (Å²) in [5, 5.41) is 15.0. The molecule has 0 aliphatic heterocycles. The molecular weight excluding hydrogens is 632 g/mol. The van der Waals surface area contributed by atoms with Crippen molar-refractivity contribution in [2.24, 2.45) is 0 Å². The number of rotatable bonds is 13. The van der Waals surface area contributed by atoms with Crippen molar-refractivity contribution in [2.45, 2.75) is 75.9 Å². The molecule has 4 rings (SSSR count). The second kappa shape index (κ2) is 15.4. The first-order valence-corrected chi connectivity index (χ1v) is 17.0. The molecule has 0 aromatic heterocycles. The van der Waals surface area contributed by atoms with E-state index < -0.39 is 38.3 Å². The average Bonchev–Trinajstić information content (AvgIpc) is 3.04. The Labute approximate surface area is 274 Å². The summed E-state index contributed by atoms with van der Waals surface area (Å²) in [4.78, 5) is 40.1. The minimum absolute atomic E-state index is 0.00824. The van der Waals surface area contributed by atoms with Crippen LogP contribution in [-0.4, -0.2) is 55.8 Å². The molecule has 11 nitrogen and oxygen atoms in total. The summed E-state index contributed by atoms with van der Waals surface area (Å²) in [6.45, 7) is 2.62. The van der Waals surface area contributed by atoms with Gasteiger partial charge >= 0.3 is 0 Å². The summed E-state index contributed by atoms with van der Waals surface area (Å²) >= 11 is 6.30. The van der Waals surface area contributed by atoms with Crippen molar-refractivity contribution in [1.82, 2.24) is 10.2 Å². The van der Waals surface area contributed by atoms with Crippen LogP contribution >= 0.6 is 11.6 Å². The van der Waals surface area contributed by atoms with Crippen LogP contribution in [0.5, 0.6) is 5.75 Å². The first-order valence-electron chi connectivity index (χ1n) is 15.2. The number of methoxy groups -OCH3 is 1. The van der Waals surface area contributed by atoms with Crippen LogP contribution in [0.25, 0.3) is 0 Å². The van der Waals surface area contributed by atoms with Crippen LogP contribution in [0.1, 0.15) is 56.6 Å². The van der Waals surface area contributed by atoms with Crippen molar-refractivity contribution in [1.29, 1.82) is 0 Å². The fourth-order valence-electron chi connectivity index (χ4n) is 5.69. The van der Waals surface area contributed by atoms with E-state index in [4.69, 9.17) is 16.3 Å². The summed E-state index contributed by atoms with van der Waals surface area (Å²) in [5.74, 6) is -0.844. The van der Waals surface area contributed by atoms with Gasteiger partial charge in [-0.1, -0.05) is 74.2 Å². The van der Waals surface area contributed by atoms with E-state index in [0.29, 0.717) is 0 Å². The smallest absolute Gasteiger partial charge is 0.273 e. The van der Waals surface area contributed by atoms with Gasteiger partial charge < -0.3 is 15.0 Å². The molecule has 1 fully saturated rings. The summed E-state index contributed by atoms with van der Waals surface area (Å²) in [5.41, 5.74) is 0.604. The Balaban J connectivity index is 1.79. The Kier molecular flexibility index (Phi) is 11.6. The van der Waals surface area contributed by atoms with Crippen LogP contribution < -0.4 is 14.4 Å². The van der Waals surface area contributed by atoms with Gasteiger partial charge in [-0.05, 0) is 56.0 Å². The lowest BCUT2D eigenvalue weighted by atomic mass is 9.95. The van der Waals surface area contributed by atoms with Crippen LogP contribution in [-0.2, 0) is 26.2 Å². The highest BCUT2D eigenvalue weighted by Gasteiger charge is 2.36. The van der Waals surface area contributed by atoms with Gasteiger partial charge in [0, 0.05) is 29.2 Å². The number of ether oxygens (including phenoxy) is 1. The summed E-state index contributed by atoms with van der Waals surface area (Å²) in [6.07, 6.45) is 5.15. The molecule has 2 amide bonds. The zero-order chi connectivity index (χ0) is 33.4. The molecule has 1 aliphatic carbocycles. The van der Waals surface area contributed by atoms with Crippen molar-refractivity contribution in [3.63, 3.8) is 0 Å². The number of nitro groups is 1. The average molecular weight is 671 g/mol. The van der Waals surface area contributed by atoms with Crippen LogP contribution in [0.3, 0.4) is 0 Å². The molecule has 1 N–H and O–H groups in total. The number of carbonyl (C=O) groups excluding carboxylic acids is 2. The van der Waals surface area contributed by atoms with Crippen molar-refractivity contribution >= 4 is 44.8 Å². The molecule has 246 valence electrons. The number of benzene rings is 3. The minimum Gasteiger partial charge on any atom is -0.495 e. The monoisotopic (exact) mass is 670 g/mol. The zero-order valence-corrected chi connectivity index (χ0v) is 27.7. The summed E-state index contributed by atoms with van der Waals surface area (Å²) in [7, 11) is -3.26. The normalized spacial score (nSPS) is 14.3. The van der Waals surface area contributed by atoms with Gasteiger partial charge in [-0.3, -0.25) is 24.0 Å². The molecule has 1 aliphatic rings. The number of nitrogens with one attached hydrogen (secondary N) is 1. The predicted octanol–water partition coefficient (Wildman–Crippen LogP) is 6.02. The molecular formula is C33H39ClN4O7S. The number of hydrogen-bond donors (Lipinski definition) is 1. The molecule has 1 atom stereocenters. The van der Waals surface area contributed by atoms with E-state index in [0.717, 1.165) is 48.0 Å². The highest BCUT2D eigenvalue weighted by molar-refractivity contribution is 7.92. The van der Waals surface area contributed by atoms with E-state index in [2.05, 4.69) is 5.32 Å². The number of halogens is 1. The maximum atomic E-state index is 14.4. The van der Waals surface area contributed by atoms with Crippen molar-refractivity contribution in [2.75, 3.05) is 18.0 Å². The van der Waals surface area contributed by atoms with E-state index in [-0.39, 0.29) is 52.6 Å². The van der Waals surface area contributed by atoms with Crippen LogP contribution in [0.4, 0.5) is 11.4 Å². The number of aryl methyl sites for hydroxylation is 1. The quantitative estimate of drug-likeness (QED) is 0.173. The largest absolute Gasteiger partial charge is 0.495 e. The van der Waals surface area contributed by atoms with Gasteiger partial charge in [0.25, 0.3) is 15.7 Å². The molecule has 0 spiro atoms. The Bertz CT molecular complexity index is 1660. The third-order valence-electron chi connectivity index (χ3n) is 8.19. The second-order valence-corrected chi connectivity index (χ2v) is 13.6. The van der Waals surface area contributed by atoms with Crippen LogP contribution in [0.2, 0.25) is 5.02 Å². The Morgan fingerprint density at radius 1 is 1.07 bits per heavy atom. The number of nitro benzene ring substituents is 1. The lowest BCUT2D eigenvalue weighted by Crippen LogP contribution is -2.54. The molecule has 0 saturated heterocycles. The van der Waals surface area contributed by atoms with Crippen LogP contribution in [0.15, 0.2) is 71.6 Å². The minimum atomic E-state index is -4.61. The molecule has 13 heteroatoms. The molecule has 1 unspecified atom stereocenters. The highest BCUT2D eigenvalue weighted by atomic mass is 35.5. The number of carbonyl (C=O) groups is 2. The van der Waals surface area contributed by atoms with Crippen molar-refractivity contribution < 1.29 is 27.7 Å². The highest BCUT2D eigenvalue weighted by Crippen LogP contribution is 2.36. The van der Waals surface area contributed by atoms with E-state index in [1.807, 2.05) is 30.3 Å². The van der Waals surface area contributed by atoms with Gasteiger partial charge in [0.05, 0.1) is 22.6 Å². The molecule has 0 radical (unpaired) electrons. The standard InChI is InChI=1S/C33H39ClN4O7S/c1-4-28(33(40)35-26-13-9-6-10-14-26)36(21-24-11-7-5-8-12-24)32(39)22-37(30-19-25(34)16-18-31(30)45-3)46(43,44)27-17-15-23(2)29(20-27)38(41)42/h5,7-8,11-12,15-20,26,28H,4,6,9-10,13-14,21-22H2,1-3H3,(H,35,40). The first kappa shape index (κ1) is 34.7. The number of hydrogen-bond acceptors (Lipinski definition) is 7. The molecule has 0 heterocycles. The van der Waals surface area contributed by atoms with Gasteiger partial charge in [0.15, 0.2) is 0 Å². The lowest BCUT2D eigenvalue weighted by Gasteiger charge is -2.34. The van der Waals surface area contributed by atoms with Crippen molar-refractivity contribution in [3.05, 3.63) is 93.0 Å². The van der Waals surface area contributed by atoms with Gasteiger partial charge in [0.2, 0.25) is 11.8 Å². The molecule has 1 saturated carbocycles. The summed E-state index contributed by atoms with van der Waals surface area (Å²) < 4.78 is 34.9. The fourth-order valence-corrected chi connectivity index (χ4v) is 7.29.